The summed E-state index contributed by atoms with van der Waals surface area (Å²) < 4.78 is 0. The van der Waals surface area contributed by atoms with Gasteiger partial charge in [0.1, 0.15) is 0 Å². The molecular weight excluding hydrogens is 232 g/mol. The van der Waals surface area contributed by atoms with Gasteiger partial charge >= 0.3 is 0 Å². The van der Waals surface area contributed by atoms with E-state index < -0.39 is 0 Å². The zero-order chi connectivity index (χ0) is 14.0. The van der Waals surface area contributed by atoms with E-state index in [9.17, 15) is 0 Å². The van der Waals surface area contributed by atoms with Gasteiger partial charge in [-0.2, -0.15) is 0 Å². The summed E-state index contributed by atoms with van der Waals surface area (Å²) in [5.41, 5.74) is 0.393. The molecule has 19 heavy (non-hydrogen) atoms. The molecule has 1 aliphatic heterocycles. The van der Waals surface area contributed by atoms with Gasteiger partial charge < -0.3 is 5.32 Å². The van der Waals surface area contributed by atoms with Crippen molar-refractivity contribution in [2.45, 2.75) is 71.9 Å². The zero-order valence-corrected chi connectivity index (χ0v) is 13.7. The topological polar surface area (TPSA) is 15.3 Å². The number of rotatable bonds is 6. The summed E-state index contributed by atoms with van der Waals surface area (Å²) in [4.78, 5) is 2.80. The van der Waals surface area contributed by atoms with Crippen LogP contribution in [-0.4, -0.2) is 36.1 Å². The lowest BCUT2D eigenvalue weighted by Crippen LogP contribution is -2.64. The van der Waals surface area contributed by atoms with Gasteiger partial charge in [-0.05, 0) is 56.9 Å². The molecule has 2 aliphatic rings. The minimum Gasteiger partial charge on any atom is -0.308 e. The molecule has 2 nitrogen and oxygen atoms in total. The highest BCUT2D eigenvalue weighted by Crippen LogP contribution is 2.41. The van der Waals surface area contributed by atoms with Crippen molar-refractivity contribution in [1.29, 1.82) is 0 Å². The lowest BCUT2D eigenvalue weighted by atomic mass is 9.88. The Hall–Kier alpha value is -0.0800. The van der Waals surface area contributed by atoms with E-state index in [1.165, 1.54) is 45.3 Å². The van der Waals surface area contributed by atoms with Gasteiger partial charge in [-0.15, -0.1) is 0 Å². The third kappa shape index (κ3) is 4.19. The van der Waals surface area contributed by atoms with Crippen molar-refractivity contribution in [2.24, 2.45) is 17.8 Å². The molecule has 0 radical (unpaired) electrons. The molecule has 1 N–H and O–H groups in total. The van der Waals surface area contributed by atoms with E-state index in [4.69, 9.17) is 0 Å². The van der Waals surface area contributed by atoms with Crippen LogP contribution in [0.15, 0.2) is 0 Å². The van der Waals surface area contributed by atoms with Gasteiger partial charge in [0.15, 0.2) is 0 Å². The largest absolute Gasteiger partial charge is 0.308 e. The van der Waals surface area contributed by atoms with Gasteiger partial charge in [0.05, 0.1) is 0 Å². The Bertz CT molecular complexity index is 283. The Morgan fingerprint density at radius 3 is 2.37 bits per heavy atom. The molecule has 0 aromatic rings. The second-order valence-electron chi connectivity index (χ2n) is 8.01. The van der Waals surface area contributed by atoms with E-state index in [1.54, 1.807) is 0 Å². The maximum Gasteiger partial charge on any atom is 0.0309 e. The molecule has 1 aliphatic carbocycles. The van der Waals surface area contributed by atoms with Gasteiger partial charge in [-0.3, -0.25) is 4.90 Å². The van der Waals surface area contributed by atoms with Crippen molar-refractivity contribution in [3.05, 3.63) is 0 Å². The van der Waals surface area contributed by atoms with E-state index in [0.29, 0.717) is 5.54 Å². The number of nitrogens with one attached hydrogen (secondary N) is 1. The minimum atomic E-state index is 0.393. The van der Waals surface area contributed by atoms with E-state index in [1.807, 2.05) is 0 Å². The standard InChI is InChI=1S/C17H34N2/c1-13(2)8-9-19-12-17(5,15-6-7-15)18-11-16(19)10-14(3)4/h13-16,18H,6-12H2,1-5H3. The summed E-state index contributed by atoms with van der Waals surface area (Å²) >= 11 is 0. The highest BCUT2D eigenvalue weighted by molar-refractivity contribution is 5.04. The van der Waals surface area contributed by atoms with Crippen LogP contribution < -0.4 is 5.32 Å². The molecule has 0 spiro atoms. The van der Waals surface area contributed by atoms with Crippen LogP contribution in [0.1, 0.15) is 60.3 Å². The fraction of sp³-hybridized carbons (Fsp3) is 1.00. The Balaban J connectivity index is 1.96. The van der Waals surface area contributed by atoms with E-state index in [-0.39, 0.29) is 0 Å². The molecule has 0 aromatic carbocycles. The molecule has 112 valence electrons. The minimum absolute atomic E-state index is 0.393. The SMILES string of the molecule is CC(C)CCN1CC(C)(C2CC2)NCC1CC(C)C. The van der Waals surface area contributed by atoms with Crippen molar-refractivity contribution in [1.82, 2.24) is 10.2 Å². The lowest BCUT2D eigenvalue weighted by Gasteiger charge is -2.47. The zero-order valence-electron chi connectivity index (χ0n) is 13.7. The molecule has 0 aromatic heterocycles. The molecular formula is C17H34N2. The number of hydrogen-bond donors (Lipinski definition) is 1. The first-order chi connectivity index (χ1) is 8.90. The normalized spacial score (nSPS) is 33.3. The average molecular weight is 266 g/mol. The first-order valence-corrected chi connectivity index (χ1v) is 8.40. The average Bonchev–Trinajstić information content (AvgIpc) is 3.13. The molecule has 2 fully saturated rings. The monoisotopic (exact) mass is 266 g/mol. The molecule has 0 bridgehead atoms. The fourth-order valence-electron chi connectivity index (χ4n) is 3.54. The van der Waals surface area contributed by atoms with Crippen LogP contribution in [0.4, 0.5) is 0 Å². The van der Waals surface area contributed by atoms with Crippen molar-refractivity contribution in [3.63, 3.8) is 0 Å². The lowest BCUT2D eigenvalue weighted by molar-refractivity contribution is 0.0608. The summed E-state index contributed by atoms with van der Waals surface area (Å²) in [6, 6.07) is 0.755. The van der Waals surface area contributed by atoms with Crippen LogP contribution in [0, 0.1) is 17.8 Å². The summed E-state index contributed by atoms with van der Waals surface area (Å²) in [5, 5.41) is 3.89. The third-order valence-corrected chi connectivity index (χ3v) is 5.01. The van der Waals surface area contributed by atoms with Crippen LogP contribution in [0.25, 0.3) is 0 Å². The smallest absolute Gasteiger partial charge is 0.0309 e. The number of hydrogen-bond acceptors (Lipinski definition) is 2. The van der Waals surface area contributed by atoms with Crippen LogP contribution in [0.5, 0.6) is 0 Å². The molecule has 0 amide bonds. The first-order valence-electron chi connectivity index (χ1n) is 8.40. The molecule has 2 unspecified atom stereocenters. The third-order valence-electron chi connectivity index (χ3n) is 5.01. The van der Waals surface area contributed by atoms with Crippen LogP contribution in [0.3, 0.4) is 0 Å². The van der Waals surface area contributed by atoms with Crippen LogP contribution in [0.2, 0.25) is 0 Å². The highest BCUT2D eigenvalue weighted by atomic mass is 15.3. The molecule has 2 rings (SSSR count). The Kier molecular flexibility index (Phi) is 4.94. The summed E-state index contributed by atoms with van der Waals surface area (Å²) in [7, 11) is 0. The Morgan fingerprint density at radius 2 is 1.84 bits per heavy atom. The van der Waals surface area contributed by atoms with Crippen molar-refractivity contribution >= 4 is 0 Å². The summed E-state index contributed by atoms with van der Waals surface area (Å²) in [5.74, 6) is 2.56. The van der Waals surface area contributed by atoms with E-state index >= 15 is 0 Å². The maximum atomic E-state index is 3.89. The molecule has 1 heterocycles. The van der Waals surface area contributed by atoms with Gasteiger partial charge in [-0.1, -0.05) is 27.7 Å². The number of piperazine rings is 1. The summed E-state index contributed by atoms with van der Waals surface area (Å²) in [6.07, 6.45) is 5.56. The van der Waals surface area contributed by atoms with Crippen molar-refractivity contribution < 1.29 is 0 Å². The van der Waals surface area contributed by atoms with Crippen LogP contribution >= 0.6 is 0 Å². The Labute approximate surface area is 120 Å². The number of nitrogens with zero attached hydrogens (tertiary/aromatic N) is 1. The van der Waals surface area contributed by atoms with E-state index in [2.05, 4.69) is 44.8 Å². The van der Waals surface area contributed by atoms with Gasteiger partial charge in [0.25, 0.3) is 0 Å². The second-order valence-corrected chi connectivity index (χ2v) is 8.01. The molecule has 1 saturated heterocycles. The second kappa shape index (κ2) is 6.13. The molecule has 2 atom stereocenters. The van der Waals surface area contributed by atoms with Crippen LogP contribution in [-0.2, 0) is 0 Å². The maximum absolute atomic E-state index is 3.89. The van der Waals surface area contributed by atoms with Gasteiger partial charge in [0.2, 0.25) is 0 Å². The Morgan fingerprint density at radius 1 is 1.16 bits per heavy atom. The predicted octanol–water partition coefficient (Wildman–Crippen LogP) is 3.52. The van der Waals surface area contributed by atoms with E-state index in [0.717, 1.165) is 23.8 Å². The highest BCUT2D eigenvalue weighted by Gasteiger charge is 2.45. The fourth-order valence-corrected chi connectivity index (χ4v) is 3.54. The first kappa shape index (κ1) is 15.3. The quantitative estimate of drug-likeness (QED) is 0.791. The molecule has 1 saturated carbocycles. The molecule has 2 heteroatoms. The van der Waals surface area contributed by atoms with Gasteiger partial charge in [0, 0.05) is 24.7 Å². The predicted molar refractivity (Wildman–Crippen MR) is 83.4 cm³/mol. The van der Waals surface area contributed by atoms with Crippen molar-refractivity contribution in [3.8, 4) is 0 Å². The van der Waals surface area contributed by atoms with Gasteiger partial charge in [-0.25, -0.2) is 0 Å². The van der Waals surface area contributed by atoms with Crippen molar-refractivity contribution in [2.75, 3.05) is 19.6 Å². The summed E-state index contributed by atoms with van der Waals surface area (Å²) in [6.45, 7) is 15.6.